The third kappa shape index (κ3) is 6.29. The van der Waals surface area contributed by atoms with Crippen LogP contribution in [0.15, 0.2) is 231 Å². The van der Waals surface area contributed by atoms with Crippen LogP contribution in [0.25, 0.3) is 55.3 Å². The van der Waals surface area contributed by atoms with Gasteiger partial charge >= 0.3 is 0 Å². The molecule has 1 heteroatoms. The van der Waals surface area contributed by atoms with Crippen molar-refractivity contribution in [1.82, 2.24) is 0 Å². The van der Waals surface area contributed by atoms with Crippen molar-refractivity contribution in [1.29, 1.82) is 0 Å². The van der Waals surface area contributed by atoms with E-state index < -0.39 is 5.41 Å². The van der Waals surface area contributed by atoms with Gasteiger partial charge in [0.05, 0.1) is 16.8 Å². The van der Waals surface area contributed by atoms with Gasteiger partial charge in [-0.1, -0.05) is 229 Å². The number of fused-ring (bicyclic) bond motifs is 7. The van der Waals surface area contributed by atoms with Crippen LogP contribution in [-0.2, 0) is 16.2 Å². The van der Waals surface area contributed by atoms with E-state index in [1.54, 1.807) is 0 Å². The number of para-hydroxylation sites is 1. The van der Waals surface area contributed by atoms with Gasteiger partial charge in [-0.05, 0) is 125 Å². The predicted molar refractivity (Wildman–Crippen MR) is 283 cm³/mol. The zero-order valence-corrected chi connectivity index (χ0v) is 38.9. The van der Waals surface area contributed by atoms with Gasteiger partial charge in [0.1, 0.15) is 0 Å². The van der Waals surface area contributed by atoms with E-state index in [4.69, 9.17) is 0 Å². The SMILES string of the molecule is CC(C)(C)c1ccc(-c2ccc(N(c3ccc4c(c3)C(c3ccccc3)(c3ccccc3)c3ccccc3-4)c3ccccc3-c3ccccc3)c3c2C(C)(C)c2cc4ccccc4cc2-3)cc1. The zero-order valence-electron chi connectivity index (χ0n) is 38.9. The average Bonchev–Trinajstić information content (AvgIpc) is 3.79. The lowest BCUT2D eigenvalue weighted by atomic mass is 9.67. The fraction of sp³-hybridized carbons (Fsp3) is 0.121. The van der Waals surface area contributed by atoms with Crippen molar-refractivity contribution in [3.63, 3.8) is 0 Å². The van der Waals surface area contributed by atoms with E-state index in [1.807, 2.05) is 0 Å². The molecule has 12 rings (SSSR count). The Morgan fingerprint density at radius 3 is 1.58 bits per heavy atom. The van der Waals surface area contributed by atoms with Crippen LogP contribution in [0.2, 0.25) is 0 Å². The summed E-state index contributed by atoms with van der Waals surface area (Å²) in [6, 6.07) is 86.5. The molecule has 0 unspecified atom stereocenters. The van der Waals surface area contributed by atoms with Crippen molar-refractivity contribution in [2.75, 3.05) is 4.90 Å². The zero-order chi connectivity index (χ0) is 45.5. The number of anilines is 3. The van der Waals surface area contributed by atoms with Crippen molar-refractivity contribution >= 4 is 27.8 Å². The van der Waals surface area contributed by atoms with E-state index in [2.05, 4.69) is 270 Å². The molecule has 0 amide bonds. The molecule has 0 aromatic heterocycles. The van der Waals surface area contributed by atoms with Crippen LogP contribution < -0.4 is 4.90 Å². The third-order valence-corrected chi connectivity index (χ3v) is 14.9. The molecule has 67 heavy (non-hydrogen) atoms. The number of hydrogen-bond donors (Lipinski definition) is 0. The van der Waals surface area contributed by atoms with E-state index in [9.17, 15) is 0 Å². The maximum atomic E-state index is 2.58. The van der Waals surface area contributed by atoms with Gasteiger partial charge in [0.25, 0.3) is 0 Å². The normalized spacial score (nSPS) is 14.0. The molecule has 10 aromatic rings. The highest BCUT2D eigenvalue weighted by atomic mass is 15.1. The van der Waals surface area contributed by atoms with Crippen molar-refractivity contribution < 1.29 is 0 Å². The molecule has 2 aliphatic carbocycles. The van der Waals surface area contributed by atoms with Crippen LogP contribution in [0.1, 0.15) is 73.6 Å². The minimum atomic E-state index is -0.548. The fourth-order valence-corrected chi connectivity index (χ4v) is 11.7. The van der Waals surface area contributed by atoms with E-state index in [-0.39, 0.29) is 10.8 Å². The number of benzene rings is 10. The Hall–Kier alpha value is -7.74. The molecule has 0 spiro atoms. The summed E-state index contributed by atoms with van der Waals surface area (Å²) in [6.45, 7) is 11.8. The first-order valence-electron chi connectivity index (χ1n) is 23.8. The Labute approximate surface area is 395 Å². The molecule has 2 aliphatic rings. The number of rotatable bonds is 7. The van der Waals surface area contributed by atoms with Gasteiger partial charge in [-0.25, -0.2) is 0 Å². The van der Waals surface area contributed by atoms with Gasteiger partial charge in [-0.3, -0.25) is 0 Å². The minimum absolute atomic E-state index is 0.0580. The molecule has 0 bridgehead atoms. The second-order valence-electron chi connectivity index (χ2n) is 20.1. The summed E-state index contributed by atoms with van der Waals surface area (Å²) in [4.78, 5) is 2.58. The van der Waals surface area contributed by atoms with E-state index in [0.29, 0.717) is 0 Å². The lowest BCUT2D eigenvalue weighted by molar-refractivity contribution is 0.590. The van der Waals surface area contributed by atoms with Gasteiger partial charge in [-0.2, -0.15) is 0 Å². The molecule has 0 saturated carbocycles. The predicted octanol–water partition coefficient (Wildman–Crippen LogP) is 17.6. The lowest BCUT2D eigenvalue weighted by Crippen LogP contribution is -2.28. The summed E-state index contributed by atoms with van der Waals surface area (Å²) in [7, 11) is 0. The van der Waals surface area contributed by atoms with E-state index in [1.165, 1.54) is 94.2 Å². The van der Waals surface area contributed by atoms with E-state index in [0.717, 1.165) is 17.1 Å². The first kappa shape index (κ1) is 40.7. The Balaban J connectivity index is 1.19. The minimum Gasteiger partial charge on any atom is -0.309 e. The molecular formula is C66H53N. The average molecular weight is 860 g/mol. The highest BCUT2D eigenvalue weighted by Gasteiger charge is 2.47. The maximum absolute atomic E-state index is 2.58. The molecule has 322 valence electrons. The number of hydrogen-bond acceptors (Lipinski definition) is 1. The van der Waals surface area contributed by atoms with Crippen molar-refractivity contribution in [3.8, 4) is 44.5 Å². The highest BCUT2D eigenvalue weighted by molar-refractivity contribution is 6.04. The standard InChI is InChI=1S/C66H53N/c1-64(2,3)48-35-33-45(34-36-48)53-39-40-61(62-56-41-46-23-15-16-24-47(46)42-58(56)65(4,5)63(53)62)67(60-32-20-18-29-52(60)44-21-9-6-10-22-44)51-37-38-55-54-30-17-19-31-57(54)66(59(55)43-51,49-25-11-7-12-26-49)50-27-13-8-14-28-50/h6-43H,1-5H3. The Morgan fingerprint density at radius 1 is 0.373 bits per heavy atom. The molecule has 0 heterocycles. The molecule has 0 aliphatic heterocycles. The molecule has 0 radical (unpaired) electrons. The fourth-order valence-electron chi connectivity index (χ4n) is 11.7. The van der Waals surface area contributed by atoms with Crippen LogP contribution in [0.5, 0.6) is 0 Å². The van der Waals surface area contributed by atoms with Crippen LogP contribution >= 0.6 is 0 Å². The Bertz CT molecular complexity index is 3460. The second-order valence-corrected chi connectivity index (χ2v) is 20.1. The van der Waals surface area contributed by atoms with Gasteiger partial charge in [0, 0.05) is 22.2 Å². The molecule has 10 aromatic carbocycles. The van der Waals surface area contributed by atoms with Crippen molar-refractivity contribution in [3.05, 3.63) is 269 Å². The highest BCUT2D eigenvalue weighted by Crippen LogP contribution is 2.61. The lowest BCUT2D eigenvalue weighted by Gasteiger charge is -2.35. The van der Waals surface area contributed by atoms with Gasteiger partial charge in [0.15, 0.2) is 0 Å². The summed E-state index contributed by atoms with van der Waals surface area (Å²) in [6.07, 6.45) is 0. The smallest absolute Gasteiger partial charge is 0.0714 e. The van der Waals surface area contributed by atoms with E-state index >= 15 is 0 Å². The quantitative estimate of drug-likeness (QED) is 0.154. The van der Waals surface area contributed by atoms with Crippen LogP contribution in [0, 0.1) is 0 Å². The first-order valence-corrected chi connectivity index (χ1v) is 23.8. The molecule has 1 nitrogen and oxygen atoms in total. The Kier molecular flexibility index (Phi) is 9.38. The van der Waals surface area contributed by atoms with Crippen molar-refractivity contribution in [2.24, 2.45) is 0 Å². The Morgan fingerprint density at radius 2 is 0.910 bits per heavy atom. The third-order valence-electron chi connectivity index (χ3n) is 14.9. The summed E-state index contributed by atoms with van der Waals surface area (Å²) in [5.74, 6) is 0. The second kappa shape index (κ2) is 15.4. The van der Waals surface area contributed by atoms with Gasteiger partial charge < -0.3 is 4.90 Å². The van der Waals surface area contributed by atoms with Crippen LogP contribution in [-0.4, -0.2) is 0 Å². The maximum Gasteiger partial charge on any atom is 0.0714 e. The summed E-state index contributed by atoms with van der Waals surface area (Å²) in [5.41, 5.74) is 21.8. The summed E-state index contributed by atoms with van der Waals surface area (Å²) < 4.78 is 0. The largest absolute Gasteiger partial charge is 0.309 e. The molecule has 0 N–H and O–H groups in total. The monoisotopic (exact) mass is 859 g/mol. The van der Waals surface area contributed by atoms with Crippen LogP contribution in [0.3, 0.4) is 0 Å². The molecular weight excluding hydrogens is 807 g/mol. The molecule has 0 saturated heterocycles. The van der Waals surface area contributed by atoms with Crippen molar-refractivity contribution in [2.45, 2.75) is 50.9 Å². The van der Waals surface area contributed by atoms with Crippen LogP contribution in [0.4, 0.5) is 17.1 Å². The van der Waals surface area contributed by atoms with Gasteiger partial charge in [0.2, 0.25) is 0 Å². The topological polar surface area (TPSA) is 3.24 Å². The summed E-state index contributed by atoms with van der Waals surface area (Å²) in [5, 5.41) is 2.51. The summed E-state index contributed by atoms with van der Waals surface area (Å²) >= 11 is 0. The molecule has 0 atom stereocenters. The first-order chi connectivity index (χ1) is 32.6. The van der Waals surface area contributed by atoms with Gasteiger partial charge in [-0.15, -0.1) is 0 Å². The number of nitrogens with zero attached hydrogens (tertiary/aromatic N) is 1. The molecule has 0 fully saturated rings.